The molecule has 7 aromatic rings. The van der Waals surface area contributed by atoms with Crippen LogP contribution in [0.3, 0.4) is 0 Å². The maximum atomic E-state index is 2.55. The van der Waals surface area contributed by atoms with E-state index in [9.17, 15) is 0 Å². The van der Waals surface area contributed by atoms with E-state index in [4.69, 9.17) is 0 Å². The molecule has 3 aliphatic carbocycles. The summed E-state index contributed by atoms with van der Waals surface area (Å²) in [5, 5.41) is 0. The zero-order valence-corrected chi connectivity index (χ0v) is 33.5. The molecule has 0 atom stereocenters. The molecule has 3 aliphatic rings. The van der Waals surface area contributed by atoms with Crippen LogP contribution in [0.4, 0.5) is 17.1 Å². The first-order valence-electron chi connectivity index (χ1n) is 20.7. The molecule has 0 amide bonds. The maximum Gasteiger partial charge on any atom is 0.0540 e. The van der Waals surface area contributed by atoms with Crippen LogP contribution in [0.1, 0.15) is 94.5 Å². The number of rotatable bonds is 5. The Balaban J connectivity index is 1.13. The Kier molecular flexibility index (Phi) is 8.05. The fourth-order valence-corrected chi connectivity index (χ4v) is 10.6. The minimum atomic E-state index is -0.0776. The molecule has 0 bridgehead atoms. The maximum absolute atomic E-state index is 2.55. The highest BCUT2D eigenvalue weighted by atomic mass is 15.1. The minimum absolute atomic E-state index is 0.0776. The van der Waals surface area contributed by atoms with Crippen LogP contribution in [0, 0.1) is 0 Å². The largest absolute Gasteiger partial charge is 0.310 e. The lowest BCUT2D eigenvalue weighted by molar-refractivity contribution is 0.353. The molecule has 1 heteroatoms. The number of hydrogen-bond donors (Lipinski definition) is 0. The van der Waals surface area contributed by atoms with Crippen LogP contribution in [0.5, 0.6) is 0 Å². The Labute approximate surface area is 333 Å². The average molecular weight is 726 g/mol. The third-order valence-corrected chi connectivity index (χ3v) is 13.4. The van der Waals surface area contributed by atoms with Crippen LogP contribution >= 0.6 is 0 Å². The Morgan fingerprint density at radius 3 is 1.70 bits per heavy atom. The van der Waals surface area contributed by atoms with Crippen LogP contribution in [0.25, 0.3) is 44.5 Å². The molecule has 7 aromatic carbocycles. The van der Waals surface area contributed by atoms with Crippen molar-refractivity contribution < 1.29 is 0 Å². The fraction of sp³-hybridized carbons (Fsp3) is 0.236. The predicted octanol–water partition coefficient (Wildman–Crippen LogP) is 15.3. The molecule has 0 radical (unpaired) electrons. The summed E-state index contributed by atoms with van der Waals surface area (Å²) in [6.45, 7) is 11.6. The van der Waals surface area contributed by atoms with Gasteiger partial charge in [-0.05, 0) is 115 Å². The van der Waals surface area contributed by atoms with Gasteiger partial charge in [-0.1, -0.05) is 181 Å². The first kappa shape index (κ1) is 34.8. The van der Waals surface area contributed by atoms with Gasteiger partial charge in [-0.15, -0.1) is 0 Å². The molecule has 0 saturated heterocycles. The lowest BCUT2D eigenvalue weighted by Gasteiger charge is -2.37. The van der Waals surface area contributed by atoms with Crippen molar-refractivity contribution >= 4 is 17.1 Å². The van der Waals surface area contributed by atoms with Gasteiger partial charge >= 0.3 is 0 Å². The zero-order chi connectivity index (χ0) is 38.2. The molecule has 10 rings (SSSR count). The van der Waals surface area contributed by atoms with Crippen molar-refractivity contribution in [3.05, 3.63) is 186 Å². The summed E-state index contributed by atoms with van der Waals surface area (Å²) in [6, 6.07) is 60.0. The summed E-state index contributed by atoms with van der Waals surface area (Å²) in [7, 11) is 0. The van der Waals surface area contributed by atoms with Gasteiger partial charge in [-0.2, -0.15) is 0 Å². The standard InChI is InChI=1S/C55H51N/c1-53(2,3)39-28-24-37(25-29-39)42-16-9-12-23-51(42)56(41-32-33-46-44-17-8-11-22-49(44)55(50(46)36-41)34-13-6-14-35-55)40-30-26-38(27-31-40)43-19-15-20-47-45-18-7-10-21-48(45)54(4,5)52(43)47/h7-12,15-33,36H,6,13-14,34-35H2,1-5H3. The number of para-hydroxylation sites is 1. The van der Waals surface area contributed by atoms with E-state index in [1.165, 1.54) is 116 Å². The second kappa shape index (κ2) is 13.0. The van der Waals surface area contributed by atoms with E-state index in [0.717, 1.165) is 5.69 Å². The van der Waals surface area contributed by atoms with Crippen molar-refractivity contribution in [1.29, 1.82) is 0 Å². The van der Waals surface area contributed by atoms with E-state index in [1.54, 1.807) is 0 Å². The molecule has 0 aromatic heterocycles. The summed E-state index contributed by atoms with van der Waals surface area (Å²) in [4.78, 5) is 2.52. The van der Waals surface area contributed by atoms with Crippen LogP contribution in [-0.2, 0) is 16.2 Å². The van der Waals surface area contributed by atoms with E-state index < -0.39 is 0 Å². The Hall–Kier alpha value is -5.66. The van der Waals surface area contributed by atoms with Gasteiger partial charge in [0, 0.05) is 27.8 Å². The Morgan fingerprint density at radius 2 is 0.982 bits per heavy atom. The van der Waals surface area contributed by atoms with E-state index in [1.807, 2.05) is 0 Å². The van der Waals surface area contributed by atoms with Gasteiger partial charge in [0.2, 0.25) is 0 Å². The first-order chi connectivity index (χ1) is 27.1. The normalized spacial score (nSPS) is 15.9. The molecule has 1 spiro atoms. The molecule has 1 saturated carbocycles. The van der Waals surface area contributed by atoms with E-state index in [0.29, 0.717) is 0 Å². The molecule has 0 N–H and O–H groups in total. The minimum Gasteiger partial charge on any atom is -0.310 e. The second-order valence-corrected chi connectivity index (χ2v) is 18.0. The summed E-state index contributed by atoms with van der Waals surface area (Å²) < 4.78 is 0. The molecule has 1 nitrogen and oxygen atoms in total. The van der Waals surface area contributed by atoms with Gasteiger partial charge < -0.3 is 4.90 Å². The van der Waals surface area contributed by atoms with Crippen molar-refractivity contribution in [3.8, 4) is 44.5 Å². The highest BCUT2D eigenvalue weighted by Gasteiger charge is 2.44. The van der Waals surface area contributed by atoms with E-state index in [2.05, 4.69) is 197 Å². The number of fused-ring (bicyclic) bond motifs is 8. The summed E-state index contributed by atoms with van der Waals surface area (Å²) in [5.41, 5.74) is 21.5. The van der Waals surface area contributed by atoms with Gasteiger partial charge in [-0.3, -0.25) is 0 Å². The predicted molar refractivity (Wildman–Crippen MR) is 238 cm³/mol. The van der Waals surface area contributed by atoms with Crippen molar-refractivity contribution in [3.63, 3.8) is 0 Å². The van der Waals surface area contributed by atoms with E-state index in [-0.39, 0.29) is 16.2 Å². The quantitative estimate of drug-likeness (QED) is 0.171. The topological polar surface area (TPSA) is 3.24 Å². The Morgan fingerprint density at radius 1 is 0.446 bits per heavy atom. The monoisotopic (exact) mass is 725 g/mol. The molecule has 0 aliphatic heterocycles. The smallest absolute Gasteiger partial charge is 0.0540 e. The highest BCUT2D eigenvalue weighted by molar-refractivity contribution is 5.92. The number of anilines is 3. The second-order valence-electron chi connectivity index (χ2n) is 18.0. The Bertz CT molecular complexity index is 2610. The van der Waals surface area contributed by atoms with Crippen molar-refractivity contribution in [2.24, 2.45) is 0 Å². The van der Waals surface area contributed by atoms with Crippen LogP contribution < -0.4 is 4.90 Å². The number of nitrogens with zero attached hydrogens (tertiary/aromatic N) is 1. The molecule has 56 heavy (non-hydrogen) atoms. The highest BCUT2D eigenvalue weighted by Crippen LogP contribution is 2.57. The SMILES string of the molecule is CC(C)(C)c1ccc(-c2ccccc2N(c2ccc(-c3cccc4c3C(C)(C)c3ccccc3-4)cc2)c2ccc3c(c2)C2(CCCCC2)c2ccccc2-3)cc1. The van der Waals surface area contributed by atoms with Crippen LogP contribution in [0.15, 0.2) is 158 Å². The fourth-order valence-electron chi connectivity index (χ4n) is 10.6. The molecule has 0 heterocycles. The number of hydrogen-bond acceptors (Lipinski definition) is 1. The molecule has 276 valence electrons. The van der Waals surface area contributed by atoms with Crippen LogP contribution in [-0.4, -0.2) is 0 Å². The summed E-state index contributed by atoms with van der Waals surface area (Å²) in [5.74, 6) is 0. The molecular weight excluding hydrogens is 675 g/mol. The molecule has 0 unspecified atom stereocenters. The molecular formula is C55H51N. The molecule has 1 fully saturated rings. The van der Waals surface area contributed by atoms with E-state index >= 15 is 0 Å². The van der Waals surface area contributed by atoms with Gasteiger partial charge in [-0.25, -0.2) is 0 Å². The van der Waals surface area contributed by atoms with Crippen molar-refractivity contribution in [2.75, 3.05) is 4.90 Å². The third kappa shape index (κ3) is 5.35. The van der Waals surface area contributed by atoms with Gasteiger partial charge in [0.25, 0.3) is 0 Å². The average Bonchev–Trinajstić information content (AvgIpc) is 3.63. The van der Waals surface area contributed by atoms with Gasteiger partial charge in [0.05, 0.1) is 5.69 Å². The lowest BCUT2D eigenvalue weighted by Crippen LogP contribution is -2.28. The van der Waals surface area contributed by atoms with Crippen molar-refractivity contribution in [2.45, 2.75) is 83.0 Å². The summed E-state index contributed by atoms with van der Waals surface area (Å²) >= 11 is 0. The van der Waals surface area contributed by atoms with Crippen LogP contribution in [0.2, 0.25) is 0 Å². The zero-order valence-electron chi connectivity index (χ0n) is 33.5. The van der Waals surface area contributed by atoms with Crippen molar-refractivity contribution in [1.82, 2.24) is 0 Å². The number of benzene rings is 7. The summed E-state index contributed by atoms with van der Waals surface area (Å²) in [6.07, 6.45) is 6.32. The lowest BCUT2D eigenvalue weighted by atomic mass is 9.68. The first-order valence-corrected chi connectivity index (χ1v) is 20.7. The third-order valence-electron chi connectivity index (χ3n) is 13.4. The van der Waals surface area contributed by atoms with Gasteiger partial charge in [0.15, 0.2) is 0 Å². The van der Waals surface area contributed by atoms with Gasteiger partial charge in [0.1, 0.15) is 0 Å².